The molecular formula is C9H12BrClN2O2. The van der Waals surface area contributed by atoms with Gasteiger partial charge in [-0.15, -0.1) is 12.4 Å². The molecule has 84 valence electrons. The summed E-state index contributed by atoms with van der Waals surface area (Å²) >= 11 is 3.23. The molecule has 0 saturated carbocycles. The number of halogens is 2. The van der Waals surface area contributed by atoms with E-state index < -0.39 is 6.04 Å². The Bertz CT molecular complexity index is 336. The second-order valence-electron chi connectivity index (χ2n) is 2.77. The standard InChI is InChI=1S/C9H11BrN2O2.ClH/c1-14-9(13)5-6(11)7-3-2-4-8(10)12-7;/h2-4,6H,5,11H2,1H3;1H/t6-;/m1./s1. The van der Waals surface area contributed by atoms with Crippen molar-refractivity contribution in [1.29, 1.82) is 0 Å². The summed E-state index contributed by atoms with van der Waals surface area (Å²) in [5, 5.41) is 0. The molecule has 0 saturated heterocycles. The first-order valence-electron chi connectivity index (χ1n) is 4.08. The van der Waals surface area contributed by atoms with E-state index in [1.807, 2.05) is 6.07 Å². The summed E-state index contributed by atoms with van der Waals surface area (Å²) in [7, 11) is 1.34. The van der Waals surface area contributed by atoms with Gasteiger partial charge in [0.1, 0.15) is 4.60 Å². The number of hydrogen-bond donors (Lipinski definition) is 1. The Hall–Kier alpha value is -0.650. The van der Waals surface area contributed by atoms with Crippen molar-refractivity contribution in [3.05, 3.63) is 28.5 Å². The lowest BCUT2D eigenvalue weighted by atomic mass is 10.1. The second-order valence-corrected chi connectivity index (χ2v) is 3.58. The Morgan fingerprint density at radius 1 is 1.67 bits per heavy atom. The fourth-order valence-corrected chi connectivity index (χ4v) is 1.36. The Balaban J connectivity index is 0.00000196. The predicted octanol–water partition coefficient (Wildman–Crippen LogP) is 1.83. The summed E-state index contributed by atoms with van der Waals surface area (Å²) in [6.45, 7) is 0. The van der Waals surface area contributed by atoms with Crippen molar-refractivity contribution >= 4 is 34.3 Å². The molecule has 2 N–H and O–H groups in total. The Morgan fingerprint density at radius 3 is 2.87 bits per heavy atom. The number of aromatic nitrogens is 1. The number of carbonyl (C=O) groups is 1. The van der Waals surface area contributed by atoms with Gasteiger partial charge in [0.05, 0.1) is 25.3 Å². The number of methoxy groups -OCH3 is 1. The number of hydrogen-bond acceptors (Lipinski definition) is 4. The van der Waals surface area contributed by atoms with Crippen LogP contribution in [0.1, 0.15) is 18.2 Å². The molecule has 0 aromatic carbocycles. The van der Waals surface area contributed by atoms with Crippen molar-refractivity contribution in [3.63, 3.8) is 0 Å². The maximum atomic E-state index is 10.9. The van der Waals surface area contributed by atoms with E-state index in [0.717, 1.165) is 0 Å². The third-order valence-corrected chi connectivity index (χ3v) is 2.17. The second kappa shape index (κ2) is 6.76. The number of pyridine rings is 1. The minimum Gasteiger partial charge on any atom is -0.469 e. The van der Waals surface area contributed by atoms with Crippen LogP contribution < -0.4 is 5.73 Å². The minimum atomic E-state index is -0.417. The fraction of sp³-hybridized carbons (Fsp3) is 0.333. The van der Waals surface area contributed by atoms with Crippen molar-refractivity contribution < 1.29 is 9.53 Å². The van der Waals surface area contributed by atoms with Gasteiger partial charge < -0.3 is 10.5 Å². The number of ether oxygens (including phenoxy) is 1. The van der Waals surface area contributed by atoms with Crippen LogP contribution in [0.15, 0.2) is 22.8 Å². The first kappa shape index (κ1) is 14.3. The maximum absolute atomic E-state index is 10.9. The lowest BCUT2D eigenvalue weighted by molar-refractivity contribution is -0.141. The van der Waals surface area contributed by atoms with E-state index in [2.05, 4.69) is 25.7 Å². The minimum absolute atomic E-state index is 0. The smallest absolute Gasteiger partial charge is 0.307 e. The molecule has 0 bridgehead atoms. The molecule has 6 heteroatoms. The number of nitrogens with two attached hydrogens (primary N) is 1. The highest BCUT2D eigenvalue weighted by atomic mass is 79.9. The van der Waals surface area contributed by atoms with Crippen molar-refractivity contribution in [2.24, 2.45) is 5.73 Å². The van der Waals surface area contributed by atoms with E-state index >= 15 is 0 Å². The highest BCUT2D eigenvalue weighted by molar-refractivity contribution is 9.10. The van der Waals surface area contributed by atoms with E-state index in [-0.39, 0.29) is 24.8 Å². The van der Waals surface area contributed by atoms with Gasteiger partial charge in [-0.3, -0.25) is 4.79 Å². The molecule has 1 heterocycles. The third-order valence-electron chi connectivity index (χ3n) is 1.73. The summed E-state index contributed by atoms with van der Waals surface area (Å²) in [5.74, 6) is -0.334. The molecular weight excluding hydrogens is 283 g/mol. The summed E-state index contributed by atoms with van der Waals surface area (Å²) in [6, 6.07) is 4.98. The summed E-state index contributed by atoms with van der Waals surface area (Å²) in [6.07, 6.45) is 0.139. The average molecular weight is 296 g/mol. The topological polar surface area (TPSA) is 65.2 Å². The molecule has 1 rings (SSSR count). The number of carbonyl (C=O) groups excluding carboxylic acids is 1. The van der Waals surface area contributed by atoms with Crippen LogP contribution in [0.5, 0.6) is 0 Å². The van der Waals surface area contributed by atoms with Crippen LogP contribution in [-0.4, -0.2) is 18.1 Å². The first-order chi connectivity index (χ1) is 6.63. The van der Waals surface area contributed by atoms with Crippen LogP contribution in [0.3, 0.4) is 0 Å². The molecule has 0 aliphatic carbocycles. The molecule has 0 aliphatic heterocycles. The van der Waals surface area contributed by atoms with E-state index in [9.17, 15) is 4.79 Å². The Kier molecular flexibility index (Phi) is 6.47. The highest BCUT2D eigenvalue weighted by Crippen LogP contribution is 2.14. The lowest BCUT2D eigenvalue weighted by Gasteiger charge is -2.09. The van der Waals surface area contributed by atoms with Gasteiger partial charge in [0.15, 0.2) is 0 Å². The Labute approximate surface area is 103 Å². The van der Waals surface area contributed by atoms with Gasteiger partial charge >= 0.3 is 5.97 Å². The van der Waals surface area contributed by atoms with Crippen molar-refractivity contribution in [2.75, 3.05) is 7.11 Å². The van der Waals surface area contributed by atoms with Crippen LogP contribution in [-0.2, 0) is 9.53 Å². The van der Waals surface area contributed by atoms with Gasteiger partial charge in [-0.05, 0) is 28.1 Å². The van der Waals surface area contributed by atoms with Gasteiger partial charge in [0, 0.05) is 0 Å². The molecule has 1 atom stereocenters. The van der Waals surface area contributed by atoms with Gasteiger partial charge in [0.25, 0.3) is 0 Å². The van der Waals surface area contributed by atoms with Crippen molar-refractivity contribution in [3.8, 4) is 0 Å². The predicted molar refractivity (Wildman–Crippen MR) is 62.7 cm³/mol. The maximum Gasteiger partial charge on any atom is 0.307 e. The summed E-state index contributed by atoms with van der Waals surface area (Å²) in [5.41, 5.74) is 6.43. The normalized spacial score (nSPS) is 11.4. The SMILES string of the molecule is COC(=O)C[C@@H](N)c1cccc(Br)n1.Cl. The molecule has 0 amide bonds. The zero-order valence-electron chi connectivity index (χ0n) is 8.14. The molecule has 0 fully saturated rings. The number of esters is 1. The van der Waals surface area contributed by atoms with Gasteiger partial charge in [-0.1, -0.05) is 6.07 Å². The molecule has 1 aromatic heterocycles. The number of rotatable bonds is 3. The van der Waals surface area contributed by atoms with E-state index in [0.29, 0.717) is 10.3 Å². The molecule has 4 nitrogen and oxygen atoms in total. The van der Waals surface area contributed by atoms with E-state index in [4.69, 9.17) is 5.73 Å². The quantitative estimate of drug-likeness (QED) is 0.682. The zero-order chi connectivity index (χ0) is 10.6. The first-order valence-corrected chi connectivity index (χ1v) is 4.87. The van der Waals surface area contributed by atoms with Crippen LogP contribution in [0.2, 0.25) is 0 Å². The van der Waals surface area contributed by atoms with Crippen LogP contribution in [0.25, 0.3) is 0 Å². The largest absolute Gasteiger partial charge is 0.469 e. The molecule has 0 spiro atoms. The van der Waals surface area contributed by atoms with E-state index in [1.165, 1.54) is 7.11 Å². The molecule has 0 aliphatic rings. The molecule has 15 heavy (non-hydrogen) atoms. The zero-order valence-corrected chi connectivity index (χ0v) is 10.5. The lowest BCUT2D eigenvalue weighted by Crippen LogP contribution is -2.17. The third kappa shape index (κ3) is 4.59. The van der Waals surface area contributed by atoms with Crippen LogP contribution in [0.4, 0.5) is 0 Å². The number of nitrogens with zero attached hydrogens (tertiary/aromatic N) is 1. The fourth-order valence-electron chi connectivity index (χ4n) is 0.998. The monoisotopic (exact) mass is 294 g/mol. The van der Waals surface area contributed by atoms with E-state index in [1.54, 1.807) is 12.1 Å². The van der Waals surface area contributed by atoms with Crippen LogP contribution in [0, 0.1) is 0 Å². The van der Waals surface area contributed by atoms with Crippen molar-refractivity contribution in [2.45, 2.75) is 12.5 Å². The molecule has 0 radical (unpaired) electrons. The summed E-state index contributed by atoms with van der Waals surface area (Å²) < 4.78 is 5.22. The van der Waals surface area contributed by atoms with Gasteiger partial charge in [-0.25, -0.2) is 4.98 Å². The average Bonchev–Trinajstić information content (AvgIpc) is 2.17. The Morgan fingerprint density at radius 2 is 2.33 bits per heavy atom. The van der Waals surface area contributed by atoms with Crippen LogP contribution >= 0.6 is 28.3 Å². The molecule has 1 aromatic rings. The van der Waals surface area contributed by atoms with Crippen molar-refractivity contribution in [1.82, 2.24) is 4.98 Å². The van der Waals surface area contributed by atoms with Gasteiger partial charge in [0.2, 0.25) is 0 Å². The highest BCUT2D eigenvalue weighted by Gasteiger charge is 2.12. The molecule has 0 unspecified atom stereocenters. The summed E-state index contributed by atoms with van der Waals surface area (Å²) in [4.78, 5) is 15.1. The van der Waals surface area contributed by atoms with Gasteiger partial charge in [-0.2, -0.15) is 0 Å².